The van der Waals surface area contributed by atoms with Gasteiger partial charge in [0.2, 0.25) is 0 Å². The molecule has 2 aromatic carbocycles. The van der Waals surface area contributed by atoms with Crippen LogP contribution in [0.5, 0.6) is 0 Å². The highest BCUT2D eigenvalue weighted by atomic mass is 35.5. The minimum atomic E-state index is -0.513. The van der Waals surface area contributed by atoms with E-state index < -0.39 is 11.8 Å². The highest BCUT2D eigenvalue weighted by molar-refractivity contribution is 7.80. The van der Waals surface area contributed by atoms with Gasteiger partial charge in [-0.2, -0.15) is 0 Å². The van der Waals surface area contributed by atoms with Gasteiger partial charge in [0.15, 0.2) is 5.11 Å². The largest absolute Gasteiger partial charge is 0.365 e. The fourth-order valence-corrected chi connectivity index (χ4v) is 4.60. The van der Waals surface area contributed by atoms with E-state index in [2.05, 4.69) is 50.2 Å². The first-order valence-corrected chi connectivity index (χ1v) is 11.0. The van der Waals surface area contributed by atoms with E-state index in [1.807, 2.05) is 13.0 Å². The fraction of sp³-hybridized carbons (Fsp3) is 0.240. The summed E-state index contributed by atoms with van der Waals surface area (Å²) in [5.74, 6) is -0.996. The summed E-state index contributed by atoms with van der Waals surface area (Å²) in [5, 5.41) is 3.13. The summed E-state index contributed by atoms with van der Waals surface area (Å²) in [7, 11) is 2.07. The van der Waals surface area contributed by atoms with Crippen molar-refractivity contribution in [2.24, 2.45) is 0 Å². The lowest BCUT2D eigenvalue weighted by Crippen LogP contribution is -2.54. The van der Waals surface area contributed by atoms with Crippen molar-refractivity contribution in [2.45, 2.75) is 33.2 Å². The van der Waals surface area contributed by atoms with E-state index in [-0.39, 0.29) is 16.2 Å². The molecule has 2 heterocycles. The number of halogens is 1. The second-order valence-electron chi connectivity index (χ2n) is 8.70. The summed E-state index contributed by atoms with van der Waals surface area (Å²) in [6.07, 6.45) is 3.86. The number of carbonyl (C=O) groups excluding carboxylic acids is 2. The van der Waals surface area contributed by atoms with Gasteiger partial charge in [0.25, 0.3) is 11.8 Å². The monoisotopic (exact) mass is 465 g/mol. The first kappa shape index (κ1) is 22.2. The number of likely N-dealkylation sites (N-methyl/N-ethyl adjacent to an activating group) is 1. The molecular formula is C25H24ClN3O2S. The van der Waals surface area contributed by atoms with Gasteiger partial charge in [-0.1, -0.05) is 23.7 Å². The zero-order valence-corrected chi connectivity index (χ0v) is 20.2. The molecule has 4 rings (SSSR count). The Labute approximate surface area is 198 Å². The maximum atomic E-state index is 13.3. The second kappa shape index (κ2) is 7.87. The summed E-state index contributed by atoms with van der Waals surface area (Å²) in [5.41, 5.74) is 5.56. The predicted molar refractivity (Wildman–Crippen MR) is 135 cm³/mol. The van der Waals surface area contributed by atoms with E-state index >= 15 is 0 Å². The molecule has 2 aliphatic heterocycles. The number of nitrogens with zero attached hydrogens (tertiary/aromatic N) is 2. The van der Waals surface area contributed by atoms with E-state index in [1.54, 1.807) is 30.3 Å². The summed E-state index contributed by atoms with van der Waals surface area (Å²) in [6, 6.07) is 10.9. The van der Waals surface area contributed by atoms with E-state index in [9.17, 15) is 9.59 Å². The number of benzene rings is 2. The van der Waals surface area contributed by atoms with Crippen molar-refractivity contribution in [1.82, 2.24) is 5.32 Å². The topological polar surface area (TPSA) is 52.7 Å². The molecule has 1 fully saturated rings. The molecule has 2 aromatic rings. The van der Waals surface area contributed by atoms with Crippen LogP contribution in [0.3, 0.4) is 0 Å². The molecule has 1 N–H and O–H groups in total. The number of allylic oxidation sites excluding steroid dienone is 1. The number of rotatable bonds is 2. The number of amides is 2. The Morgan fingerprint density at radius 1 is 1.12 bits per heavy atom. The molecule has 0 saturated carbocycles. The van der Waals surface area contributed by atoms with Gasteiger partial charge in [-0.3, -0.25) is 19.8 Å². The molecule has 32 heavy (non-hydrogen) atoms. The zero-order valence-electron chi connectivity index (χ0n) is 18.6. The number of thiocarbonyl (C=S) groups is 1. The third kappa shape index (κ3) is 3.74. The maximum Gasteiger partial charge on any atom is 0.270 e. The van der Waals surface area contributed by atoms with Crippen LogP contribution in [0.15, 0.2) is 48.0 Å². The maximum absolute atomic E-state index is 13.3. The number of nitrogens with one attached hydrogen (secondary N) is 1. The number of aryl methyl sites for hydroxylation is 1. The van der Waals surface area contributed by atoms with Crippen LogP contribution in [-0.4, -0.2) is 29.5 Å². The van der Waals surface area contributed by atoms with Crippen LogP contribution >= 0.6 is 23.8 Å². The van der Waals surface area contributed by atoms with Gasteiger partial charge in [-0.05, 0) is 93.0 Å². The van der Waals surface area contributed by atoms with Gasteiger partial charge >= 0.3 is 0 Å². The number of hydrogen-bond donors (Lipinski definition) is 1. The summed E-state index contributed by atoms with van der Waals surface area (Å²) in [6.45, 7) is 8.40. The average Bonchev–Trinajstić information content (AvgIpc) is 2.69. The molecule has 0 radical (unpaired) electrons. The molecule has 0 unspecified atom stereocenters. The highest BCUT2D eigenvalue weighted by Crippen LogP contribution is 2.39. The molecule has 0 atom stereocenters. The molecule has 0 spiro atoms. The average molecular weight is 466 g/mol. The van der Waals surface area contributed by atoms with Crippen molar-refractivity contribution < 1.29 is 9.59 Å². The minimum absolute atomic E-state index is 0.0211. The smallest absolute Gasteiger partial charge is 0.270 e. The Balaban J connectivity index is 1.80. The quantitative estimate of drug-likeness (QED) is 0.380. The molecule has 0 aliphatic carbocycles. The van der Waals surface area contributed by atoms with E-state index in [1.165, 1.54) is 4.90 Å². The molecule has 7 heteroatoms. The first-order chi connectivity index (χ1) is 15.0. The Morgan fingerprint density at radius 2 is 1.84 bits per heavy atom. The van der Waals surface area contributed by atoms with Crippen molar-refractivity contribution >= 4 is 63.8 Å². The molecular weight excluding hydrogens is 442 g/mol. The van der Waals surface area contributed by atoms with E-state index in [0.717, 1.165) is 28.0 Å². The molecule has 0 aromatic heterocycles. The molecule has 2 amide bonds. The number of anilines is 2. The zero-order chi connectivity index (χ0) is 23.4. The minimum Gasteiger partial charge on any atom is -0.365 e. The van der Waals surface area contributed by atoms with Crippen LogP contribution in [0.1, 0.15) is 37.5 Å². The lowest BCUT2D eigenvalue weighted by molar-refractivity contribution is -0.122. The van der Waals surface area contributed by atoms with Crippen LogP contribution < -0.4 is 15.1 Å². The van der Waals surface area contributed by atoms with Crippen LogP contribution in [0, 0.1) is 6.92 Å². The third-order valence-electron chi connectivity index (χ3n) is 6.07. The molecule has 5 nitrogen and oxygen atoms in total. The van der Waals surface area contributed by atoms with E-state index in [4.69, 9.17) is 23.8 Å². The number of fused-ring (bicyclic) bond motifs is 1. The molecule has 2 aliphatic rings. The Hall–Kier alpha value is -2.96. The first-order valence-electron chi connectivity index (χ1n) is 10.2. The van der Waals surface area contributed by atoms with Crippen molar-refractivity contribution in [3.05, 3.63) is 69.8 Å². The predicted octanol–water partition coefficient (Wildman–Crippen LogP) is 5.11. The normalized spacial score (nSPS) is 19.1. The van der Waals surface area contributed by atoms with Crippen LogP contribution in [-0.2, 0) is 9.59 Å². The Kier molecular flexibility index (Phi) is 5.47. The lowest BCUT2D eigenvalue weighted by Gasteiger charge is -2.41. The van der Waals surface area contributed by atoms with Gasteiger partial charge in [-0.25, -0.2) is 0 Å². The van der Waals surface area contributed by atoms with Crippen LogP contribution in [0.4, 0.5) is 11.4 Å². The molecule has 164 valence electrons. The van der Waals surface area contributed by atoms with Crippen molar-refractivity contribution in [1.29, 1.82) is 0 Å². The summed E-state index contributed by atoms with van der Waals surface area (Å²) in [4.78, 5) is 29.5. The molecule has 1 saturated heterocycles. The van der Waals surface area contributed by atoms with Gasteiger partial charge in [-0.15, -0.1) is 0 Å². The highest BCUT2D eigenvalue weighted by Gasteiger charge is 2.35. The number of carbonyl (C=O) groups is 2. The summed E-state index contributed by atoms with van der Waals surface area (Å²) >= 11 is 11.4. The summed E-state index contributed by atoms with van der Waals surface area (Å²) < 4.78 is 0. The lowest BCUT2D eigenvalue weighted by atomic mass is 9.87. The number of hydrogen-bond acceptors (Lipinski definition) is 4. The fourth-order valence-electron chi connectivity index (χ4n) is 4.14. The van der Waals surface area contributed by atoms with Gasteiger partial charge in [0, 0.05) is 23.3 Å². The van der Waals surface area contributed by atoms with Gasteiger partial charge in [0.05, 0.1) is 11.2 Å². The van der Waals surface area contributed by atoms with Gasteiger partial charge in [0.1, 0.15) is 5.57 Å². The SMILES string of the molecule is CC1=CC(C)(C)N(C)c2cc(C)c(/C=C3\C(=O)NC(=S)N(c4cccc(Cl)c4)C3=O)cc21. The standard InChI is InChI=1S/C25H24ClN3O2S/c1-14-9-21-19(15(2)13-25(3,4)28(21)5)10-16(14)11-20-22(30)27-24(32)29(23(20)31)18-8-6-7-17(26)12-18/h6-13H,1-5H3,(H,27,30,32)/b20-11+. The van der Waals surface area contributed by atoms with Crippen LogP contribution in [0.25, 0.3) is 11.6 Å². The van der Waals surface area contributed by atoms with E-state index in [0.29, 0.717) is 10.7 Å². The van der Waals surface area contributed by atoms with Crippen LogP contribution in [0.2, 0.25) is 5.02 Å². The van der Waals surface area contributed by atoms with Crippen molar-refractivity contribution in [2.75, 3.05) is 16.8 Å². The van der Waals surface area contributed by atoms with Crippen molar-refractivity contribution in [3.8, 4) is 0 Å². The van der Waals surface area contributed by atoms with Crippen molar-refractivity contribution in [3.63, 3.8) is 0 Å². The van der Waals surface area contributed by atoms with Gasteiger partial charge < -0.3 is 4.90 Å². The third-order valence-corrected chi connectivity index (χ3v) is 6.59. The Morgan fingerprint density at radius 3 is 2.53 bits per heavy atom. The second-order valence-corrected chi connectivity index (χ2v) is 9.53. The Bertz CT molecular complexity index is 1250. The molecule has 0 bridgehead atoms.